The van der Waals surface area contributed by atoms with Crippen molar-refractivity contribution in [2.75, 3.05) is 0 Å². The summed E-state index contributed by atoms with van der Waals surface area (Å²) >= 11 is 0. The first kappa shape index (κ1) is 8.18. The minimum atomic E-state index is -0.0319. The Morgan fingerprint density at radius 3 is 2.64 bits per heavy atom. The predicted octanol–water partition coefficient (Wildman–Crippen LogP) is 2.10. The van der Waals surface area contributed by atoms with E-state index in [2.05, 4.69) is 11.9 Å². The van der Waals surface area contributed by atoms with Gasteiger partial charge in [-0.2, -0.15) is 0 Å². The van der Waals surface area contributed by atoms with Crippen LogP contribution in [0.4, 0.5) is 0 Å². The Labute approximate surface area is 67.0 Å². The van der Waals surface area contributed by atoms with E-state index in [9.17, 15) is 4.79 Å². The summed E-state index contributed by atoms with van der Waals surface area (Å²) in [5, 5.41) is 0. The number of hydrogen-bond donors (Lipinski definition) is 0. The fraction of sp³-hybridized carbons (Fsp3) is 0.556. The molecule has 11 heavy (non-hydrogen) atoms. The van der Waals surface area contributed by atoms with Crippen molar-refractivity contribution in [3.05, 3.63) is 11.1 Å². The van der Waals surface area contributed by atoms with Crippen LogP contribution in [0.5, 0.6) is 0 Å². The maximum atomic E-state index is 11.1. The molecule has 1 rings (SSSR count). The summed E-state index contributed by atoms with van der Waals surface area (Å²) in [5.74, 6) is -0.0319. The van der Waals surface area contributed by atoms with Crippen LogP contribution < -0.4 is 0 Å². The van der Waals surface area contributed by atoms with E-state index in [0.29, 0.717) is 0 Å². The van der Waals surface area contributed by atoms with E-state index in [1.165, 1.54) is 5.57 Å². The van der Waals surface area contributed by atoms with Gasteiger partial charge in [0.2, 0.25) is 0 Å². The fourth-order valence-electron chi connectivity index (χ4n) is 1.35. The highest BCUT2D eigenvalue weighted by Crippen LogP contribution is 2.19. The molecule has 0 saturated carbocycles. The molecule has 0 saturated heterocycles. The highest BCUT2D eigenvalue weighted by Gasteiger charge is 2.13. The van der Waals surface area contributed by atoms with E-state index >= 15 is 0 Å². The molecular formula is C9H13NO. The summed E-state index contributed by atoms with van der Waals surface area (Å²) in [6.07, 6.45) is 4.37. The van der Waals surface area contributed by atoms with E-state index in [1.54, 1.807) is 6.21 Å². The molecule has 0 spiro atoms. The zero-order valence-electron chi connectivity index (χ0n) is 7.05. The molecule has 2 nitrogen and oxygen atoms in total. The third-order valence-electron chi connectivity index (χ3n) is 2.01. The van der Waals surface area contributed by atoms with Gasteiger partial charge in [0.1, 0.15) is 0 Å². The van der Waals surface area contributed by atoms with Gasteiger partial charge in [0.15, 0.2) is 0 Å². The first-order valence-corrected chi connectivity index (χ1v) is 4.07. The lowest BCUT2D eigenvalue weighted by molar-refractivity contribution is -0.114. The first-order valence-electron chi connectivity index (χ1n) is 4.07. The van der Waals surface area contributed by atoms with Crippen LogP contribution in [0.1, 0.15) is 33.1 Å². The van der Waals surface area contributed by atoms with Crippen molar-refractivity contribution in [3.8, 4) is 0 Å². The summed E-state index contributed by atoms with van der Waals surface area (Å²) in [6, 6.07) is 0. The molecular weight excluding hydrogens is 138 g/mol. The van der Waals surface area contributed by atoms with E-state index < -0.39 is 0 Å². The number of rotatable bonds is 2. The van der Waals surface area contributed by atoms with Gasteiger partial charge in [-0.25, -0.2) is 4.99 Å². The molecule has 0 aliphatic carbocycles. The molecule has 0 aromatic heterocycles. The number of aliphatic imine (C=N–C) groups is 1. The molecule has 1 aliphatic heterocycles. The van der Waals surface area contributed by atoms with Gasteiger partial charge in [0.05, 0.1) is 0 Å². The van der Waals surface area contributed by atoms with Gasteiger partial charge in [0.25, 0.3) is 5.91 Å². The molecule has 2 heteroatoms. The molecule has 0 radical (unpaired) electrons. The van der Waals surface area contributed by atoms with Crippen LogP contribution >= 0.6 is 0 Å². The highest BCUT2D eigenvalue weighted by molar-refractivity contribution is 6.01. The quantitative estimate of drug-likeness (QED) is 0.594. The average Bonchev–Trinajstić information content (AvgIpc) is 2.04. The average molecular weight is 151 g/mol. The van der Waals surface area contributed by atoms with Crippen LogP contribution in [-0.4, -0.2) is 12.1 Å². The molecule has 60 valence electrons. The Morgan fingerprint density at radius 1 is 1.45 bits per heavy atom. The second kappa shape index (κ2) is 3.46. The minimum Gasteiger partial charge on any atom is -0.267 e. The lowest BCUT2D eigenvalue weighted by Crippen LogP contribution is -2.08. The van der Waals surface area contributed by atoms with Gasteiger partial charge in [0, 0.05) is 18.2 Å². The Hall–Kier alpha value is -0.920. The normalized spacial score (nSPS) is 17.8. The summed E-state index contributed by atoms with van der Waals surface area (Å²) in [6.45, 7) is 4.08. The van der Waals surface area contributed by atoms with Gasteiger partial charge in [-0.05, 0) is 12.8 Å². The maximum absolute atomic E-state index is 11.1. The molecule has 0 aromatic carbocycles. The third-order valence-corrected chi connectivity index (χ3v) is 2.01. The Balaban J connectivity index is 2.90. The van der Waals surface area contributed by atoms with Crippen LogP contribution in [0, 0.1) is 0 Å². The van der Waals surface area contributed by atoms with Crippen molar-refractivity contribution >= 4 is 12.1 Å². The summed E-state index contributed by atoms with van der Waals surface area (Å²) in [7, 11) is 0. The maximum Gasteiger partial charge on any atom is 0.272 e. The number of hydrogen-bond acceptors (Lipinski definition) is 1. The van der Waals surface area contributed by atoms with E-state index in [-0.39, 0.29) is 5.91 Å². The second-order valence-corrected chi connectivity index (χ2v) is 2.61. The van der Waals surface area contributed by atoms with Crippen LogP contribution in [0.15, 0.2) is 16.1 Å². The van der Waals surface area contributed by atoms with Crippen molar-refractivity contribution < 1.29 is 4.79 Å². The lowest BCUT2D eigenvalue weighted by Gasteiger charge is -2.11. The van der Waals surface area contributed by atoms with Gasteiger partial charge < -0.3 is 0 Å². The van der Waals surface area contributed by atoms with Crippen LogP contribution in [-0.2, 0) is 4.79 Å². The third kappa shape index (κ3) is 1.56. The largest absolute Gasteiger partial charge is 0.272 e. The molecule has 0 atom stereocenters. The summed E-state index contributed by atoms with van der Waals surface area (Å²) in [4.78, 5) is 14.9. The van der Waals surface area contributed by atoms with Gasteiger partial charge in [-0.3, -0.25) is 4.79 Å². The lowest BCUT2D eigenvalue weighted by atomic mass is 9.98. The van der Waals surface area contributed by atoms with E-state index in [1.807, 2.05) is 6.92 Å². The van der Waals surface area contributed by atoms with Crippen molar-refractivity contribution in [1.82, 2.24) is 0 Å². The van der Waals surface area contributed by atoms with Crippen LogP contribution in [0.25, 0.3) is 0 Å². The molecule has 1 amide bonds. The molecule has 0 aromatic rings. The molecule has 1 aliphatic rings. The Bertz CT molecular complexity index is 226. The molecule has 0 bridgehead atoms. The summed E-state index contributed by atoms with van der Waals surface area (Å²) < 4.78 is 0. The monoisotopic (exact) mass is 151 g/mol. The van der Waals surface area contributed by atoms with Gasteiger partial charge in [-0.15, -0.1) is 0 Å². The SMILES string of the molecule is CCC1=C(CC)C(=O)N=CC1. The Kier molecular flexibility index (Phi) is 2.58. The minimum absolute atomic E-state index is 0.0319. The molecule has 1 heterocycles. The van der Waals surface area contributed by atoms with Crippen molar-refractivity contribution in [3.63, 3.8) is 0 Å². The number of nitrogens with zero attached hydrogens (tertiary/aromatic N) is 1. The standard InChI is InChI=1S/C9H13NO/c1-3-7-5-6-10-9(11)8(7)4-2/h6H,3-5H2,1-2H3. The zero-order valence-corrected chi connectivity index (χ0v) is 7.05. The molecule has 0 N–H and O–H groups in total. The number of dihydropyridines is 1. The van der Waals surface area contributed by atoms with Gasteiger partial charge in [-0.1, -0.05) is 19.4 Å². The molecule has 0 unspecified atom stereocenters. The number of carbonyl (C=O) groups is 1. The highest BCUT2D eigenvalue weighted by atomic mass is 16.1. The smallest absolute Gasteiger partial charge is 0.267 e. The van der Waals surface area contributed by atoms with E-state index in [4.69, 9.17) is 0 Å². The predicted molar refractivity (Wildman–Crippen MR) is 45.7 cm³/mol. The fourth-order valence-corrected chi connectivity index (χ4v) is 1.35. The van der Waals surface area contributed by atoms with Gasteiger partial charge >= 0.3 is 0 Å². The summed E-state index contributed by atoms with van der Waals surface area (Å²) in [5.41, 5.74) is 2.18. The number of amides is 1. The van der Waals surface area contributed by atoms with Crippen molar-refractivity contribution in [2.45, 2.75) is 33.1 Å². The van der Waals surface area contributed by atoms with Crippen LogP contribution in [0.2, 0.25) is 0 Å². The Morgan fingerprint density at radius 2 is 2.18 bits per heavy atom. The zero-order chi connectivity index (χ0) is 8.27. The second-order valence-electron chi connectivity index (χ2n) is 2.61. The van der Waals surface area contributed by atoms with Crippen molar-refractivity contribution in [2.24, 2.45) is 4.99 Å². The van der Waals surface area contributed by atoms with Crippen molar-refractivity contribution in [1.29, 1.82) is 0 Å². The number of allylic oxidation sites excluding steroid dienone is 1. The number of carbonyl (C=O) groups excluding carboxylic acids is 1. The molecule has 0 fully saturated rings. The first-order chi connectivity index (χ1) is 5.29. The topological polar surface area (TPSA) is 29.4 Å². The van der Waals surface area contributed by atoms with Crippen LogP contribution in [0.3, 0.4) is 0 Å². The van der Waals surface area contributed by atoms with E-state index in [0.717, 1.165) is 24.8 Å².